The van der Waals surface area contributed by atoms with Gasteiger partial charge in [-0.2, -0.15) is 0 Å². The lowest BCUT2D eigenvalue weighted by atomic mass is 9.86. The van der Waals surface area contributed by atoms with E-state index >= 15 is 0 Å². The first-order chi connectivity index (χ1) is 19.9. The third-order valence-electron chi connectivity index (χ3n) is 8.74. The van der Waals surface area contributed by atoms with E-state index in [-0.39, 0.29) is 22.4 Å². The van der Waals surface area contributed by atoms with Gasteiger partial charge in [0.25, 0.3) is 0 Å². The quantitative estimate of drug-likeness (QED) is 0.237. The summed E-state index contributed by atoms with van der Waals surface area (Å²) in [5, 5.41) is 0. The third kappa shape index (κ3) is 5.11. The van der Waals surface area contributed by atoms with Crippen LogP contribution in [-0.2, 0) is 10.8 Å². The van der Waals surface area contributed by atoms with Gasteiger partial charge in [0, 0.05) is 11.1 Å². The molecule has 6 rings (SSSR count). The number of carbonyl (C=O) groups is 2. The van der Waals surface area contributed by atoms with Crippen LogP contribution < -0.4 is 0 Å². The average molecular weight is 551 g/mol. The van der Waals surface area contributed by atoms with Gasteiger partial charge in [-0.05, 0) is 67.5 Å². The molecule has 0 fully saturated rings. The lowest BCUT2D eigenvalue weighted by Crippen LogP contribution is -2.10. The average Bonchev–Trinajstić information content (AvgIpc) is 3.41. The molecule has 2 unspecified atom stereocenters. The summed E-state index contributed by atoms with van der Waals surface area (Å²) in [5.74, 6) is -0.743. The highest BCUT2D eigenvalue weighted by Gasteiger charge is 2.50. The zero-order chi connectivity index (χ0) is 29.8. The number of rotatable bonds is 4. The van der Waals surface area contributed by atoms with Gasteiger partial charge in [-0.15, -0.1) is 0 Å². The number of hydrogen-bond acceptors (Lipinski definition) is 2. The lowest BCUT2D eigenvalue weighted by molar-refractivity contribution is 0.0913. The van der Waals surface area contributed by atoms with E-state index in [1.54, 1.807) is 0 Å². The van der Waals surface area contributed by atoms with E-state index in [4.69, 9.17) is 0 Å². The van der Waals surface area contributed by atoms with Crippen LogP contribution in [0.25, 0.3) is 24.3 Å². The maximum atomic E-state index is 13.6. The summed E-state index contributed by atoms with van der Waals surface area (Å²) < 4.78 is 0. The summed E-state index contributed by atoms with van der Waals surface area (Å²) in [7, 11) is 0. The molecule has 0 saturated carbocycles. The molecular weight excluding hydrogens is 512 g/mol. The lowest BCUT2D eigenvalue weighted by Gasteiger charge is -2.18. The van der Waals surface area contributed by atoms with Gasteiger partial charge < -0.3 is 0 Å². The minimum Gasteiger partial charge on any atom is -0.293 e. The van der Waals surface area contributed by atoms with Crippen molar-refractivity contribution in [1.82, 2.24) is 0 Å². The molecule has 0 aromatic heterocycles. The fourth-order valence-corrected chi connectivity index (χ4v) is 6.18. The molecule has 2 aliphatic rings. The molecule has 2 atom stereocenters. The number of hydrogen-bond donors (Lipinski definition) is 0. The number of Topliss-reactive ketones (excluding diaryl/α,β-unsaturated/α-hetero) is 2. The van der Waals surface area contributed by atoms with Crippen LogP contribution in [0.3, 0.4) is 0 Å². The monoisotopic (exact) mass is 550 g/mol. The molecule has 2 nitrogen and oxygen atoms in total. The maximum absolute atomic E-state index is 13.6. The molecule has 210 valence electrons. The molecule has 4 aromatic rings. The molecule has 2 heteroatoms. The van der Waals surface area contributed by atoms with Gasteiger partial charge in [-0.1, -0.05) is 139 Å². The minimum absolute atomic E-state index is 0.0501. The first-order valence-electron chi connectivity index (χ1n) is 14.8. The van der Waals surface area contributed by atoms with Crippen LogP contribution in [0.4, 0.5) is 0 Å². The molecule has 0 N–H and O–H groups in total. The van der Waals surface area contributed by atoms with E-state index < -0.39 is 11.8 Å². The molecule has 2 aliphatic carbocycles. The van der Waals surface area contributed by atoms with Crippen molar-refractivity contribution in [3.8, 4) is 0 Å². The molecule has 0 radical (unpaired) electrons. The predicted octanol–water partition coefficient (Wildman–Crippen LogP) is 9.88. The Morgan fingerprint density at radius 2 is 0.762 bits per heavy atom. The van der Waals surface area contributed by atoms with Crippen molar-refractivity contribution in [3.63, 3.8) is 0 Å². The summed E-state index contributed by atoms with van der Waals surface area (Å²) in [4.78, 5) is 27.3. The van der Waals surface area contributed by atoms with Crippen molar-refractivity contribution in [2.24, 2.45) is 0 Å². The van der Waals surface area contributed by atoms with Crippen LogP contribution in [0, 0.1) is 0 Å². The van der Waals surface area contributed by atoms with Crippen molar-refractivity contribution in [2.45, 2.75) is 64.2 Å². The highest BCUT2D eigenvalue weighted by Crippen LogP contribution is 2.52. The second-order valence-corrected chi connectivity index (χ2v) is 13.8. The normalized spacial score (nSPS) is 18.1. The Labute approximate surface area is 249 Å². The third-order valence-corrected chi connectivity index (χ3v) is 8.74. The summed E-state index contributed by atoms with van der Waals surface area (Å²) in [6.45, 7) is 13.3. The van der Waals surface area contributed by atoms with Crippen molar-refractivity contribution < 1.29 is 9.59 Å². The first kappa shape index (κ1) is 27.8. The Morgan fingerprint density at radius 1 is 0.452 bits per heavy atom. The fraction of sp³-hybridized carbons (Fsp3) is 0.250. The first-order valence-corrected chi connectivity index (χ1v) is 14.8. The molecule has 0 heterocycles. The van der Waals surface area contributed by atoms with Crippen LogP contribution in [-0.4, -0.2) is 11.6 Å². The van der Waals surface area contributed by atoms with E-state index in [0.717, 1.165) is 33.4 Å². The Morgan fingerprint density at radius 3 is 1.10 bits per heavy atom. The van der Waals surface area contributed by atoms with E-state index in [1.165, 1.54) is 11.1 Å². The second kappa shape index (κ2) is 10.2. The zero-order valence-electron chi connectivity index (χ0n) is 25.4. The molecular formula is C40H38O2. The standard InChI is InChI=1S/C40H38O2/c1-39(2,3)29-17-11-25(12-18-29)7-9-27-15-21-31-33(23-27)37(41)36-32-22-16-28(24-34(32)38(42)35(31)36)10-8-26-13-19-30(20-14-26)40(4,5)6/h7-24,35-36H,1-6H3/b9-7+,10-8+. The number of benzene rings is 4. The van der Waals surface area contributed by atoms with Crippen molar-refractivity contribution in [3.05, 3.63) is 141 Å². The molecule has 4 aromatic carbocycles. The molecule has 0 bridgehead atoms. The SMILES string of the molecule is CC(C)(C)c1ccc(/C=C/c2ccc3c(c2)C(=O)C2c4ccc(/C=C/c5ccc(C(C)(C)C)cc5)cc4C(=O)C32)cc1. The van der Waals surface area contributed by atoms with Crippen molar-refractivity contribution >= 4 is 35.9 Å². The molecule has 0 spiro atoms. The van der Waals surface area contributed by atoms with Crippen LogP contribution in [0.5, 0.6) is 0 Å². The minimum atomic E-state index is -0.422. The topological polar surface area (TPSA) is 34.1 Å². The predicted molar refractivity (Wildman–Crippen MR) is 175 cm³/mol. The van der Waals surface area contributed by atoms with Crippen LogP contribution in [0.15, 0.2) is 84.9 Å². The second-order valence-electron chi connectivity index (χ2n) is 13.8. The molecule has 0 aliphatic heterocycles. The van der Waals surface area contributed by atoms with Gasteiger partial charge in [0.1, 0.15) is 0 Å². The van der Waals surface area contributed by atoms with E-state index in [0.29, 0.717) is 11.1 Å². The van der Waals surface area contributed by atoms with E-state index in [1.807, 2.05) is 48.6 Å². The number of carbonyl (C=O) groups excluding carboxylic acids is 2. The van der Waals surface area contributed by atoms with E-state index in [2.05, 4.69) is 102 Å². The maximum Gasteiger partial charge on any atom is 0.171 e. The fourth-order valence-electron chi connectivity index (χ4n) is 6.18. The van der Waals surface area contributed by atoms with Crippen molar-refractivity contribution in [1.29, 1.82) is 0 Å². The van der Waals surface area contributed by atoms with Gasteiger partial charge >= 0.3 is 0 Å². The molecule has 42 heavy (non-hydrogen) atoms. The number of ketones is 2. The molecule has 0 amide bonds. The summed E-state index contributed by atoms with van der Waals surface area (Å²) in [6, 6.07) is 29.1. The summed E-state index contributed by atoms with van der Waals surface area (Å²) in [5.41, 5.74) is 10.1. The van der Waals surface area contributed by atoms with Gasteiger partial charge in [0.05, 0.1) is 11.8 Å². The smallest absolute Gasteiger partial charge is 0.171 e. The van der Waals surface area contributed by atoms with E-state index in [9.17, 15) is 9.59 Å². The largest absolute Gasteiger partial charge is 0.293 e. The van der Waals surface area contributed by atoms with Gasteiger partial charge in [0.15, 0.2) is 11.6 Å². The van der Waals surface area contributed by atoms with Gasteiger partial charge in [-0.25, -0.2) is 0 Å². The molecule has 0 saturated heterocycles. The van der Waals surface area contributed by atoms with Crippen molar-refractivity contribution in [2.75, 3.05) is 0 Å². The van der Waals surface area contributed by atoms with Crippen LogP contribution in [0.1, 0.15) is 119 Å². The summed E-state index contributed by atoms with van der Waals surface area (Å²) >= 11 is 0. The van der Waals surface area contributed by atoms with Gasteiger partial charge in [-0.3, -0.25) is 9.59 Å². The van der Waals surface area contributed by atoms with Crippen LogP contribution in [0.2, 0.25) is 0 Å². The van der Waals surface area contributed by atoms with Crippen LogP contribution >= 0.6 is 0 Å². The summed E-state index contributed by atoms with van der Waals surface area (Å²) in [6.07, 6.45) is 8.23. The Bertz CT molecular complexity index is 1620. The van der Waals surface area contributed by atoms with Gasteiger partial charge in [0.2, 0.25) is 0 Å². The Balaban J connectivity index is 1.21. The number of fused-ring (bicyclic) bond motifs is 5. The highest BCUT2D eigenvalue weighted by molar-refractivity contribution is 6.20. The zero-order valence-corrected chi connectivity index (χ0v) is 25.4. The highest BCUT2D eigenvalue weighted by atomic mass is 16.1. The Kier molecular flexibility index (Phi) is 6.77. The Hall–Kier alpha value is -4.30.